The molecular formula is C18H17BrCl3N3O3S. The van der Waals surface area contributed by atoms with Crippen LogP contribution in [0.4, 0.5) is 5.69 Å². The molecule has 0 fully saturated rings. The number of rotatable bonds is 6. The Balaban J connectivity index is 2.12. The van der Waals surface area contributed by atoms with Crippen molar-refractivity contribution in [3.05, 3.63) is 52.5 Å². The Bertz CT molecular complexity index is 896. The molecule has 0 saturated carbocycles. The largest absolute Gasteiger partial charge is 0.493 e. The lowest BCUT2D eigenvalue weighted by Crippen LogP contribution is -2.56. The van der Waals surface area contributed by atoms with Crippen molar-refractivity contribution in [1.29, 1.82) is 0 Å². The zero-order valence-electron chi connectivity index (χ0n) is 15.3. The molecule has 0 unspecified atom stereocenters. The number of hydrogen-bond donors (Lipinski definition) is 3. The van der Waals surface area contributed by atoms with Crippen LogP contribution in [0, 0.1) is 0 Å². The van der Waals surface area contributed by atoms with Gasteiger partial charge in [0.15, 0.2) is 16.6 Å². The second-order valence-electron chi connectivity index (χ2n) is 5.63. The molecule has 0 aliphatic rings. The van der Waals surface area contributed by atoms with E-state index in [1.807, 2.05) is 24.3 Å². The van der Waals surface area contributed by atoms with Gasteiger partial charge in [-0.2, -0.15) is 0 Å². The van der Waals surface area contributed by atoms with Crippen LogP contribution in [0.5, 0.6) is 11.5 Å². The Morgan fingerprint density at radius 2 is 1.76 bits per heavy atom. The summed E-state index contributed by atoms with van der Waals surface area (Å²) in [4.78, 5) is 12.7. The fourth-order valence-electron chi connectivity index (χ4n) is 2.26. The number of carbonyl (C=O) groups is 1. The normalized spacial score (nSPS) is 11.9. The van der Waals surface area contributed by atoms with E-state index in [0.29, 0.717) is 17.2 Å². The molecule has 2 aromatic carbocycles. The molecule has 0 spiro atoms. The second kappa shape index (κ2) is 10.5. The average molecular weight is 542 g/mol. The Morgan fingerprint density at radius 1 is 1.07 bits per heavy atom. The molecule has 0 aliphatic carbocycles. The summed E-state index contributed by atoms with van der Waals surface area (Å²) in [5.74, 6) is 0.380. The van der Waals surface area contributed by atoms with E-state index in [9.17, 15) is 4.79 Å². The van der Waals surface area contributed by atoms with E-state index in [0.717, 1.165) is 4.47 Å². The third kappa shape index (κ3) is 7.08. The lowest BCUT2D eigenvalue weighted by molar-refractivity contribution is 0.0934. The highest BCUT2D eigenvalue weighted by molar-refractivity contribution is 9.10. The standard InChI is InChI=1S/C18H17BrCl3N3O3S/c1-27-13-7-6-10(8-14(13)28-2)15(26)24-16(18(20,21)22)25-17(29)23-12-5-3-4-11(19)9-12/h3-9,16H,1-2H3,(H,24,26)(H2,23,25,29)/t16-/m1/s1. The number of benzene rings is 2. The van der Waals surface area contributed by atoms with Crippen LogP contribution in [0.15, 0.2) is 46.9 Å². The molecule has 156 valence electrons. The maximum Gasteiger partial charge on any atom is 0.253 e. The van der Waals surface area contributed by atoms with Crippen molar-refractivity contribution < 1.29 is 14.3 Å². The number of carbonyl (C=O) groups excluding carboxylic acids is 1. The van der Waals surface area contributed by atoms with Crippen LogP contribution < -0.4 is 25.4 Å². The van der Waals surface area contributed by atoms with Crippen LogP contribution in [0.2, 0.25) is 0 Å². The smallest absolute Gasteiger partial charge is 0.253 e. The zero-order valence-corrected chi connectivity index (χ0v) is 19.9. The van der Waals surface area contributed by atoms with Crippen LogP contribution >= 0.6 is 63.0 Å². The fourth-order valence-corrected chi connectivity index (χ4v) is 3.22. The van der Waals surface area contributed by atoms with Crippen molar-refractivity contribution >= 4 is 79.7 Å². The molecule has 0 aromatic heterocycles. The Hall–Kier alpha value is -1.45. The van der Waals surface area contributed by atoms with Gasteiger partial charge in [0.2, 0.25) is 3.79 Å². The summed E-state index contributed by atoms with van der Waals surface area (Å²) in [5, 5.41) is 8.53. The van der Waals surface area contributed by atoms with Crippen molar-refractivity contribution in [2.75, 3.05) is 19.5 Å². The highest BCUT2D eigenvalue weighted by Crippen LogP contribution is 2.30. The molecular weight excluding hydrogens is 525 g/mol. The highest BCUT2D eigenvalue weighted by Gasteiger charge is 2.35. The molecule has 1 amide bonds. The number of halogens is 4. The lowest BCUT2D eigenvalue weighted by Gasteiger charge is -2.28. The molecule has 3 N–H and O–H groups in total. The molecule has 2 rings (SSSR count). The fraction of sp³-hybridized carbons (Fsp3) is 0.222. The third-order valence-corrected chi connectivity index (χ3v) is 4.97. The first-order valence-electron chi connectivity index (χ1n) is 8.06. The number of hydrogen-bond acceptors (Lipinski definition) is 4. The van der Waals surface area contributed by atoms with Gasteiger partial charge in [-0.05, 0) is 48.6 Å². The number of ether oxygens (including phenoxy) is 2. The van der Waals surface area contributed by atoms with Crippen molar-refractivity contribution in [2.24, 2.45) is 0 Å². The summed E-state index contributed by atoms with van der Waals surface area (Å²) in [6.07, 6.45) is -1.11. The van der Waals surface area contributed by atoms with E-state index >= 15 is 0 Å². The van der Waals surface area contributed by atoms with Gasteiger partial charge in [0.25, 0.3) is 5.91 Å². The SMILES string of the molecule is COc1ccc(C(=O)N[C@H](NC(=S)Nc2cccc(Br)c2)C(Cl)(Cl)Cl)cc1OC. The maximum atomic E-state index is 12.7. The van der Waals surface area contributed by atoms with Crippen LogP contribution in [-0.2, 0) is 0 Å². The Labute approximate surface area is 197 Å². The summed E-state index contributed by atoms with van der Waals surface area (Å²) >= 11 is 26.7. The monoisotopic (exact) mass is 539 g/mol. The number of amides is 1. The van der Waals surface area contributed by atoms with Gasteiger partial charge in [-0.3, -0.25) is 4.79 Å². The molecule has 11 heteroatoms. The van der Waals surface area contributed by atoms with Crippen molar-refractivity contribution in [3.63, 3.8) is 0 Å². The van der Waals surface area contributed by atoms with E-state index in [4.69, 9.17) is 56.5 Å². The van der Waals surface area contributed by atoms with E-state index in [2.05, 4.69) is 31.9 Å². The number of alkyl halides is 3. The summed E-state index contributed by atoms with van der Waals surface area (Å²) in [5.41, 5.74) is 1.00. The molecule has 0 heterocycles. The van der Waals surface area contributed by atoms with Crippen LogP contribution in [0.1, 0.15) is 10.4 Å². The van der Waals surface area contributed by atoms with Gasteiger partial charge < -0.3 is 25.4 Å². The lowest BCUT2D eigenvalue weighted by atomic mass is 10.2. The first-order valence-corrected chi connectivity index (χ1v) is 10.4. The van der Waals surface area contributed by atoms with E-state index in [1.165, 1.54) is 20.3 Å². The molecule has 2 aromatic rings. The molecule has 0 radical (unpaired) electrons. The maximum absolute atomic E-state index is 12.7. The molecule has 1 atom stereocenters. The van der Waals surface area contributed by atoms with Crippen molar-refractivity contribution in [1.82, 2.24) is 10.6 Å². The van der Waals surface area contributed by atoms with Gasteiger partial charge in [-0.25, -0.2) is 0 Å². The van der Waals surface area contributed by atoms with Crippen LogP contribution in [0.25, 0.3) is 0 Å². The Morgan fingerprint density at radius 3 is 2.34 bits per heavy atom. The zero-order chi connectivity index (χ0) is 21.6. The third-order valence-electron chi connectivity index (χ3n) is 3.61. The minimum Gasteiger partial charge on any atom is -0.493 e. The topological polar surface area (TPSA) is 71.6 Å². The van der Waals surface area contributed by atoms with Gasteiger partial charge in [0.05, 0.1) is 14.2 Å². The minimum absolute atomic E-state index is 0.159. The second-order valence-corrected chi connectivity index (χ2v) is 9.32. The number of anilines is 1. The van der Waals surface area contributed by atoms with Crippen LogP contribution in [-0.4, -0.2) is 35.2 Å². The number of methoxy groups -OCH3 is 2. The van der Waals surface area contributed by atoms with Gasteiger partial charge in [0, 0.05) is 15.7 Å². The molecule has 29 heavy (non-hydrogen) atoms. The van der Waals surface area contributed by atoms with E-state index in [1.54, 1.807) is 12.1 Å². The first kappa shape index (κ1) is 23.8. The predicted octanol–water partition coefficient (Wildman–Crippen LogP) is 4.88. The van der Waals surface area contributed by atoms with Crippen molar-refractivity contribution in [2.45, 2.75) is 9.96 Å². The van der Waals surface area contributed by atoms with Gasteiger partial charge >= 0.3 is 0 Å². The van der Waals surface area contributed by atoms with Gasteiger partial charge in [-0.1, -0.05) is 56.8 Å². The van der Waals surface area contributed by atoms with Gasteiger partial charge in [0.1, 0.15) is 6.17 Å². The quantitative estimate of drug-likeness (QED) is 0.275. The highest BCUT2D eigenvalue weighted by atomic mass is 79.9. The van der Waals surface area contributed by atoms with E-state index < -0.39 is 15.9 Å². The molecule has 0 bridgehead atoms. The van der Waals surface area contributed by atoms with Gasteiger partial charge in [-0.15, -0.1) is 0 Å². The van der Waals surface area contributed by atoms with Crippen molar-refractivity contribution in [3.8, 4) is 11.5 Å². The first-order chi connectivity index (χ1) is 13.6. The summed E-state index contributed by atoms with van der Waals surface area (Å²) in [6, 6.07) is 12.0. The Kier molecular flexibility index (Phi) is 8.66. The number of nitrogens with one attached hydrogen (secondary N) is 3. The van der Waals surface area contributed by atoms with E-state index in [-0.39, 0.29) is 10.7 Å². The molecule has 0 aliphatic heterocycles. The summed E-state index contributed by atoms with van der Waals surface area (Å²) in [7, 11) is 2.97. The predicted molar refractivity (Wildman–Crippen MR) is 125 cm³/mol. The average Bonchev–Trinajstić information content (AvgIpc) is 2.66. The summed E-state index contributed by atoms with van der Waals surface area (Å²) < 4.78 is 9.36. The van der Waals surface area contributed by atoms with Crippen LogP contribution in [0.3, 0.4) is 0 Å². The number of thiocarbonyl (C=S) groups is 1. The minimum atomic E-state index is -1.88. The molecule has 0 saturated heterocycles. The molecule has 6 nitrogen and oxygen atoms in total. The summed E-state index contributed by atoms with van der Waals surface area (Å²) in [6.45, 7) is 0.